The summed E-state index contributed by atoms with van der Waals surface area (Å²) in [6.45, 7) is 0. The molecule has 0 bridgehead atoms. The first-order chi connectivity index (χ1) is 5.97. The maximum Gasteiger partial charge on any atom is 0.0886 e. The molecule has 0 N–H and O–H groups in total. The third-order valence-corrected chi connectivity index (χ3v) is 1.59. The lowest BCUT2D eigenvalue weighted by atomic mass is 10.2. The van der Waals surface area contributed by atoms with Gasteiger partial charge in [-0.3, -0.25) is 14.7 Å². The second-order valence-electron chi connectivity index (χ2n) is 2.43. The van der Waals surface area contributed by atoms with Crippen molar-refractivity contribution in [2.24, 2.45) is 0 Å². The second kappa shape index (κ2) is 4.30. The van der Waals surface area contributed by atoms with Gasteiger partial charge in [0.2, 0.25) is 0 Å². The van der Waals surface area contributed by atoms with Crippen LogP contribution in [0.4, 0.5) is 4.70 Å². The molecule has 0 radical (unpaired) electrons. The van der Waals surface area contributed by atoms with Gasteiger partial charge in [-0.15, -0.1) is 0 Å². The molecule has 0 spiro atoms. The third-order valence-electron chi connectivity index (χ3n) is 1.59. The van der Waals surface area contributed by atoms with Gasteiger partial charge >= 0.3 is 0 Å². The van der Waals surface area contributed by atoms with Crippen LogP contribution in [-0.4, -0.2) is 9.97 Å². The molecule has 0 aliphatic heterocycles. The van der Waals surface area contributed by atoms with E-state index in [-0.39, 0.29) is 4.70 Å². The third kappa shape index (κ3) is 2.08. The summed E-state index contributed by atoms with van der Waals surface area (Å²) >= 11 is 0. The lowest BCUT2D eigenvalue weighted by Gasteiger charge is -1.96. The molecule has 0 atom stereocenters. The standard InChI is InChI=1S/C10H8N2.FH/c1-3-7-11-9(5-1)10-6-2-4-8-12-10;/h1-8H;1H. The van der Waals surface area contributed by atoms with E-state index in [9.17, 15) is 0 Å². The Hall–Kier alpha value is -1.77. The van der Waals surface area contributed by atoms with E-state index in [2.05, 4.69) is 9.97 Å². The topological polar surface area (TPSA) is 25.8 Å². The van der Waals surface area contributed by atoms with Crippen molar-refractivity contribution in [3.05, 3.63) is 48.8 Å². The van der Waals surface area contributed by atoms with Crippen LogP contribution >= 0.6 is 0 Å². The smallest absolute Gasteiger partial charge is 0.0886 e. The van der Waals surface area contributed by atoms with Crippen LogP contribution in [0.5, 0.6) is 0 Å². The van der Waals surface area contributed by atoms with E-state index in [1.807, 2.05) is 36.4 Å². The predicted octanol–water partition coefficient (Wildman–Crippen LogP) is 2.30. The van der Waals surface area contributed by atoms with Gasteiger partial charge in [-0.25, -0.2) is 0 Å². The van der Waals surface area contributed by atoms with Crippen molar-refractivity contribution in [3.63, 3.8) is 0 Å². The number of rotatable bonds is 1. The molecule has 66 valence electrons. The summed E-state index contributed by atoms with van der Waals surface area (Å²) in [4.78, 5) is 8.37. The highest BCUT2D eigenvalue weighted by molar-refractivity contribution is 5.52. The second-order valence-corrected chi connectivity index (χ2v) is 2.43. The minimum atomic E-state index is 0. The summed E-state index contributed by atoms with van der Waals surface area (Å²) in [5, 5.41) is 0. The lowest BCUT2D eigenvalue weighted by molar-refractivity contribution is 1.11. The van der Waals surface area contributed by atoms with Crippen molar-refractivity contribution in [1.29, 1.82) is 0 Å². The zero-order chi connectivity index (χ0) is 8.23. The first kappa shape index (κ1) is 9.32. The molecule has 0 aliphatic carbocycles. The number of nitrogens with zero attached hydrogens (tertiary/aromatic N) is 2. The molecule has 0 aromatic carbocycles. The fraction of sp³-hybridized carbons (Fsp3) is 0. The quantitative estimate of drug-likeness (QED) is 0.666. The summed E-state index contributed by atoms with van der Waals surface area (Å²) in [7, 11) is 0. The molecule has 0 saturated carbocycles. The number of hydrogen-bond donors (Lipinski definition) is 0. The van der Waals surface area contributed by atoms with E-state index < -0.39 is 0 Å². The maximum atomic E-state index is 4.19. The van der Waals surface area contributed by atoms with Crippen LogP contribution in [0, 0.1) is 0 Å². The Balaban J connectivity index is 0.000000845. The number of pyridine rings is 2. The van der Waals surface area contributed by atoms with Gasteiger partial charge in [0.05, 0.1) is 11.4 Å². The van der Waals surface area contributed by atoms with Crippen LogP contribution in [0.25, 0.3) is 11.4 Å². The number of halogens is 1. The molecule has 2 heterocycles. The Morgan fingerprint density at radius 3 is 1.46 bits per heavy atom. The highest BCUT2D eigenvalue weighted by Gasteiger charge is 1.95. The normalized spacial score (nSPS) is 8.92. The largest absolute Gasteiger partial charge is 0.269 e. The summed E-state index contributed by atoms with van der Waals surface area (Å²) in [5.41, 5.74) is 1.83. The van der Waals surface area contributed by atoms with E-state index in [1.165, 1.54) is 0 Å². The van der Waals surface area contributed by atoms with Gasteiger partial charge in [0.25, 0.3) is 0 Å². The molecule has 0 aliphatic rings. The number of aromatic nitrogens is 2. The molecule has 3 heteroatoms. The molecular weight excluding hydrogens is 167 g/mol. The average molecular weight is 176 g/mol. The first-order valence-electron chi connectivity index (χ1n) is 3.79. The molecular formula is C10H9FN2. The average Bonchev–Trinajstić information content (AvgIpc) is 2.21. The molecule has 0 saturated heterocycles. The van der Waals surface area contributed by atoms with Crippen molar-refractivity contribution in [2.75, 3.05) is 0 Å². The summed E-state index contributed by atoms with van der Waals surface area (Å²) in [6.07, 6.45) is 3.54. The van der Waals surface area contributed by atoms with Gasteiger partial charge in [0.1, 0.15) is 0 Å². The zero-order valence-corrected chi connectivity index (χ0v) is 6.92. The monoisotopic (exact) mass is 176 g/mol. The summed E-state index contributed by atoms with van der Waals surface area (Å²) in [6, 6.07) is 11.6. The highest BCUT2D eigenvalue weighted by atomic mass is 19.0. The van der Waals surface area contributed by atoms with Crippen molar-refractivity contribution in [2.45, 2.75) is 0 Å². The molecule has 0 fully saturated rings. The van der Waals surface area contributed by atoms with Crippen LogP contribution in [0.1, 0.15) is 0 Å². The van der Waals surface area contributed by atoms with E-state index in [0.29, 0.717) is 0 Å². The Morgan fingerprint density at radius 1 is 0.692 bits per heavy atom. The molecule has 0 amide bonds. The maximum absolute atomic E-state index is 4.19. The van der Waals surface area contributed by atoms with Crippen LogP contribution in [0.2, 0.25) is 0 Å². The van der Waals surface area contributed by atoms with Crippen LogP contribution in [0.3, 0.4) is 0 Å². The first-order valence-corrected chi connectivity index (χ1v) is 3.79. The molecule has 2 nitrogen and oxygen atoms in total. The minimum Gasteiger partial charge on any atom is -0.269 e. The SMILES string of the molecule is F.c1ccc(-c2ccccn2)nc1. The fourth-order valence-corrected chi connectivity index (χ4v) is 1.03. The van der Waals surface area contributed by atoms with E-state index in [1.54, 1.807) is 12.4 Å². The van der Waals surface area contributed by atoms with E-state index >= 15 is 0 Å². The van der Waals surface area contributed by atoms with Crippen LogP contribution in [0.15, 0.2) is 48.8 Å². The molecule has 2 aromatic heterocycles. The Kier molecular flexibility index (Phi) is 3.09. The lowest BCUT2D eigenvalue weighted by Crippen LogP contribution is -1.83. The minimum absolute atomic E-state index is 0. The molecule has 0 unspecified atom stereocenters. The Labute approximate surface area is 75.7 Å². The summed E-state index contributed by atoms with van der Waals surface area (Å²) < 4.78 is 0. The highest BCUT2D eigenvalue weighted by Crippen LogP contribution is 2.10. The van der Waals surface area contributed by atoms with E-state index in [0.717, 1.165) is 11.4 Å². The Morgan fingerprint density at radius 2 is 1.15 bits per heavy atom. The predicted molar refractivity (Wildman–Crippen MR) is 50.0 cm³/mol. The van der Waals surface area contributed by atoms with Gasteiger partial charge in [0.15, 0.2) is 0 Å². The molecule has 13 heavy (non-hydrogen) atoms. The van der Waals surface area contributed by atoms with Crippen LogP contribution < -0.4 is 0 Å². The van der Waals surface area contributed by atoms with Crippen molar-refractivity contribution < 1.29 is 4.70 Å². The van der Waals surface area contributed by atoms with Gasteiger partial charge in [-0.1, -0.05) is 12.1 Å². The molecule has 2 aromatic rings. The van der Waals surface area contributed by atoms with Crippen molar-refractivity contribution in [3.8, 4) is 11.4 Å². The van der Waals surface area contributed by atoms with Crippen molar-refractivity contribution in [1.82, 2.24) is 9.97 Å². The fourth-order valence-electron chi connectivity index (χ4n) is 1.03. The number of hydrogen-bond acceptors (Lipinski definition) is 2. The van der Waals surface area contributed by atoms with E-state index in [4.69, 9.17) is 0 Å². The van der Waals surface area contributed by atoms with Gasteiger partial charge in [-0.05, 0) is 24.3 Å². The van der Waals surface area contributed by atoms with Crippen molar-refractivity contribution >= 4 is 0 Å². The van der Waals surface area contributed by atoms with Gasteiger partial charge in [-0.2, -0.15) is 0 Å². The van der Waals surface area contributed by atoms with Gasteiger partial charge < -0.3 is 0 Å². The Bertz CT molecular complexity index is 310. The summed E-state index contributed by atoms with van der Waals surface area (Å²) in [5.74, 6) is 0. The van der Waals surface area contributed by atoms with Gasteiger partial charge in [0, 0.05) is 12.4 Å². The van der Waals surface area contributed by atoms with Crippen LogP contribution in [-0.2, 0) is 0 Å². The molecule has 2 rings (SSSR count). The zero-order valence-electron chi connectivity index (χ0n) is 6.92.